The lowest BCUT2D eigenvalue weighted by molar-refractivity contribution is 0.592. The van der Waals surface area contributed by atoms with Crippen molar-refractivity contribution in [1.29, 1.82) is 0 Å². The molecule has 2 nitrogen and oxygen atoms in total. The Kier molecular flexibility index (Phi) is 4.73. The Labute approximate surface area is 125 Å². The number of anilines is 1. The van der Waals surface area contributed by atoms with Crippen LogP contribution in [0.1, 0.15) is 17.2 Å². The van der Waals surface area contributed by atoms with Crippen LogP contribution in [0.4, 0.5) is 14.5 Å². The minimum Gasteiger partial charge on any atom is -0.377 e. The van der Waals surface area contributed by atoms with Gasteiger partial charge < -0.3 is 11.1 Å². The number of rotatable bonds is 4. The molecular formula is C15H15BrF2N2. The molecule has 5 heteroatoms. The molecule has 0 aromatic heterocycles. The molecule has 1 atom stereocenters. The molecule has 0 aliphatic carbocycles. The zero-order valence-corrected chi connectivity index (χ0v) is 12.5. The van der Waals surface area contributed by atoms with Crippen LogP contribution in [0.5, 0.6) is 0 Å². The maximum atomic E-state index is 13.9. The summed E-state index contributed by atoms with van der Waals surface area (Å²) in [5.74, 6) is -0.652. The van der Waals surface area contributed by atoms with Gasteiger partial charge in [-0.05, 0) is 47.1 Å². The molecule has 0 saturated heterocycles. The molecule has 1 unspecified atom stereocenters. The summed E-state index contributed by atoms with van der Waals surface area (Å²) >= 11 is 3.12. The highest BCUT2D eigenvalue weighted by molar-refractivity contribution is 9.10. The third kappa shape index (κ3) is 3.35. The van der Waals surface area contributed by atoms with Gasteiger partial charge in [0.2, 0.25) is 0 Å². The van der Waals surface area contributed by atoms with E-state index in [0.717, 1.165) is 5.56 Å². The molecule has 0 aliphatic heterocycles. The van der Waals surface area contributed by atoms with Gasteiger partial charge in [-0.15, -0.1) is 0 Å². The largest absolute Gasteiger partial charge is 0.377 e. The van der Waals surface area contributed by atoms with E-state index in [2.05, 4.69) is 21.2 Å². The van der Waals surface area contributed by atoms with E-state index in [4.69, 9.17) is 5.73 Å². The van der Waals surface area contributed by atoms with Gasteiger partial charge in [0.05, 0.1) is 10.5 Å². The van der Waals surface area contributed by atoms with Crippen molar-refractivity contribution in [1.82, 2.24) is 0 Å². The molecule has 3 N–H and O–H groups in total. The fourth-order valence-corrected chi connectivity index (χ4v) is 2.36. The van der Waals surface area contributed by atoms with Crippen molar-refractivity contribution in [3.05, 3.63) is 63.6 Å². The minimum absolute atomic E-state index is 0.232. The van der Waals surface area contributed by atoms with Crippen LogP contribution in [0.25, 0.3) is 0 Å². The van der Waals surface area contributed by atoms with Crippen molar-refractivity contribution in [2.45, 2.75) is 13.0 Å². The van der Waals surface area contributed by atoms with Crippen LogP contribution < -0.4 is 11.1 Å². The number of aryl methyl sites for hydroxylation is 1. The van der Waals surface area contributed by atoms with Crippen LogP contribution in [0.15, 0.2) is 40.9 Å². The zero-order valence-electron chi connectivity index (χ0n) is 11.0. The molecule has 0 radical (unpaired) electrons. The Balaban J connectivity index is 2.28. The lowest BCUT2D eigenvalue weighted by Gasteiger charge is -2.20. The van der Waals surface area contributed by atoms with Crippen LogP contribution in [0.3, 0.4) is 0 Å². The Morgan fingerprint density at radius 1 is 1.15 bits per heavy atom. The van der Waals surface area contributed by atoms with Crippen molar-refractivity contribution >= 4 is 21.6 Å². The molecule has 0 heterocycles. The van der Waals surface area contributed by atoms with Gasteiger partial charge in [-0.3, -0.25) is 0 Å². The number of nitrogens with one attached hydrogen (secondary N) is 1. The first-order valence-corrected chi connectivity index (χ1v) is 6.98. The fraction of sp³-hybridized carbons (Fsp3) is 0.200. The molecule has 20 heavy (non-hydrogen) atoms. The monoisotopic (exact) mass is 340 g/mol. The first-order valence-electron chi connectivity index (χ1n) is 6.19. The van der Waals surface area contributed by atoms with Crippen molar-refractivity contribution in [3.63, 3.8) is 0 Å². The van der Waals surface area contributed by atoms with Crippen LogP contribution in [-0.2, 0) is 0 Å². The van der Waals surface area contributed by atoms with Crippen molar-refractivity contribution in [3.8, 4) is 0 Å². The molecule has 0 bridgehead atoms. The van der Waals surface area contributed by atoms with Gasteiger partial charge in [-0.1, -0.05) is 17.7 Å². The standard InChI is InChI=1S/C15H15BrF2N2/c1-9-2-4-13(17)11(6-9)15(8-19)20-10-3-5-14(18)12(16)7-10/h2-7,15,20H,8,19H2,1H3. The Morgan fingerprint density at radius 3 is 2.50 bits per heavy atom. The second-order valence-corrected chi connectivity index (χ2v) is 5.44. The lowest BCUT2D eigenvalue weighted by Crippen LogP contribution is -2.21. The molecule has 0 aliphatic rings. The third-order valence-electron chi connectivity index (χ3n) is 3.02. The summed E-state index contributed by atoms with van der Waals surface area (Å²) < 4.78 is 27.4. The van der Waals surface area contributed by atoms with Crippen molar-refractivity contribution < 1.29 is 8.78 Å². The number of benzene rings is 2. The van der Waals surface area contributed by atoms with Gasteiger partial charge in [0.25, 0.3) is 0 Å². The molecule has 0 fully saturated rings. The second-order valence-electron chi connectivity index (χ2n) is 4.59. The zero-order chi connectivity index (χ0) is 14.7. The number of hydrogen-bond donors (Lipinski definition) is 2. The molecule has 2 rings (SSSR count). The predicted molar refractivity (Wildman–Crippen MR) is 80.7 cm³/mol. The molecule has 2 aromatic carbocycles. The number of halogens is 3. The van der Waals surface area contributed by atoms with Gasteiger partial charge in [0, 0.05) is 17.8 Å². The van der Waals surface area contributed by atoms with E-state index < -0.39 is 0 Å². The summed E-state index contributed by atoms with van der Waals surface area (Å²) in [6.07, 6.45) is 0. The van der Waals surface area contributed by atoms with E-state index in [1.807, 2.05) is 6.92 Å². The SMILES string of the molecule is Cc1ccc(F)c(C(CN)Nc2ccc(F)c(Br)c2)c1. The van der Waals surface area contributed by atoms with Gasteiger partial charge in [0.1, 0.15) is 11.6 Å². The van der Waals surface area contributed by atoms with Crippen molar-refractivity contribution in [2.24, 2.45) is 5.73 Å². The highest BCUT2D eigenvalue weighted by atomic mass is 79.9. The lowest BCUT2D eigenvalue weighted by atomic mass is 10.0. The Morgan fingerprint density at radius 2 is 1.85 bits per heavy atom. The summed E-state index contributed by atoms with van der Waals surface area (Å²) in [7, 11) is 0. The quantitative estimate of drug-likeness (QED) is 0.877. The van der Waals surface area contributed by atoms with E-state index in [0.29, 0.717) is 15.7 Å². The summed E-state index contributed by atoms with van der Waals surface area (Å²) in [5.41, 5.74) is 7.87. The normalized spacial score (nSPS) is 12.2. The van der Waals surface area contributed by atoms with Crippen LogP contribution in [0.2, 0.25) is 0 Å². The van der Waals surface area contributed by atoms with Crippen LogP contribution in [-0.4, -0.2) is 6.54 Å². The van der Waals surface area contributed by atoms with Gasteiger partial charge >= 0.3 is 0 Å². The van der Waals surface area contributed by atoms with Gasteiger partial charge in [-0.25, -0.2) is 8.78 Å². The van der Waals surface area contributed by atoms with Crippen LogP contribution >= 0.6 is 15.9 Å². The summed E-state index contributed by atoms with van der Waals surface area (Å²) in [6.45, 7) is 2.13. The maximum Gasteiger partial charge on any atom is 0.137 e. The average molecular weight is 341 g/mol. The van der Waals surface area contributed by atoms with Crippen LogP contribution in [0, 0.1) is 18.6 Å². The summed E-state index contributed by atoms with van der Waals surface area (Å²) in [6, 6.07) is 9.07. The Hall–Kier alpha value is -1.46. The van der Waals surface area contributed by atoms with Crippen molar-refractivity contribution in [2.75, 3.05) is 11.9 Å². The van der Waals surface area contributed by atoms with Gasteiger partial charge in [0.15, 0.2) is 0 Å². The van der Waals surface area contributed by atoms with E-state index >= 15 is 0 Å². The third-order valence-corrected chi connectivity index (χ3v) is 3.63. The van der Waals surface area contributed by atoms with Gasteiger partial charge in [-0.2, -0.15) is 0 Å². The first-order chi connectivity index (χ1) is 9.51. The molecule has 106 valence electrons. The fourth-order valence-electron chi connectivity index (χ4n) is 1.98. The number of hydrogen-bond acceptors (Lipinski definition) is 2. The minimum atomic E-state index is -0.368. The summed E-state index contributed by atoms with van der Waals surface area (Å²) in [5, 5.41) is 3.12. The molecule has 0 amide bonds. The van der Waals surface area contributed by atoms with E-state index in [1.165, 1.54) is 12.1 Å². The molecule has 2 aromatic rings. The highest BCUT2D eigenvalue weighted by Crippen LogP contribution is 2.25. The summed E-state index contributed by atoms with van der Waals surface area (Å²) in [4.78, 5) is 0. The average Bonchev–Trinajstić information content (AvgIpc) is 2.43. The molecular weight excluding hydrogens is 326 g/mol. The highest BCUT2D eigenvalue weighted by Gasteiger charge is 2.15. The topological polar surface area (TPSA) is 38.0 Å². The second kappa shape index (κ2) is 6.33. The van der Waals surface area contributed by atoms with E-state index in [9.17, 15) is 8.78 Å². The number of nitrogens with two attached hydrogens (primary N) is 1. The molecule has 0 saturated carbocycles. The smallest absolute Gasteiger partial charge is 0.137 e. The molecule has 0 spiro atoms. The Bertz CT molecular complexity index is 617. The maximum absolute atomic E-state index is 13.9. The predicted octanol–water partition coefficient (Wildman–Crippen LogP) is 4.15. The van der Waals surface area contributed by atoms with E-state index in [1.54, 1.807) is 24.3 Å². The first kappa shape index (κ1) is 14.9. The van der Waals surface area contributed by atoms with E-state index in [-0.39, 0.29) is 24.2 Å².